The maximum absolute atomic E-state index is 13.0. The van der Waals surface area contributed by atoms with Gasteiger partial charge in [-0.2, -0.15) is 0 Å². The van der Waals surface area contributed by atoms with E-state index in [-0.39, 0.29) is 24.8 Å². The van der Waals surface area contributed by atoms with Crippen LogP contribution in [-0.4, -0.2) is 29.8 Å². The van der Waals surface area contributed by atoms with E-state index in [1.54, 1.807) is 54.4 Å². The standard InChI is InChI=1S/C20H21Cl3N2O2/c1-3-18(20(27)24-2)25(12-14-6-9-16(22)17(23)10-14)19(26)11-13-4-7-15(21)8-5-13/h4-10,18H,3,11-12H2,1-2H3,(H,24,27). The summed E-state index contributed by atoms with van der Waals surface area (Å²) in [5.41, 5.74) is 1.63. The fraction of sp³-hybridized carbons (Fsp3) is 0.300. The van der Waals surface area contributed by atoms with Gasteiger partial charge in [0.05, 0.1) is 16.5 Å². The number of benzene rings is 2. The van der Waals surface area contributed by atoms with Gasteiger partial charge in [0.25, 0.3) is 0 Å². The lowest BCUT2D eigenvalue weighted by atomic mass is 10.1. The van der Waals surface area contributed by atoms with Crippen molar-refractivity contribution in [2.45, 2.75) is 32.4 Å². The highest BCUT2D eigenvalue weighted by molar-refractivity contribution is 6.42. The van der Waals surface area contributed by atoms with Crippen molar-refractivity contribution < 1.29 is 9.59 Å². The number of amides is 2. The Morgan fingerprint density at radius 1 is 1.00 bits per heavy atom. The summed E-state index contributed by atoms with van der Waals surface area (Å²) in [5, 5.41) is 4.09. The summed E-state index contributed by atoms with van der Waals surface area (Å²) >= 11 is 18.0. The number of likely N-dealkylation sites (N-methyl/N-ethyl adjacent to an activating group) is 1. The average Bonchev–Trinajstić information content (AvgIpc) is 2.65. The van der Waals surface area contributed by atoms with Crippen molar-refractivity contribution in [3.05, 3.63) is 68.7 Å². The molecule has 144 valence electrons. The largest absolute Gasteiger partial charge is 0.357 e. The van der Waals surface area contributed by atoms with Crippen LogP contribution in [0.15, 0.2) is 42.5 Å². The van der Waals surface area contributed by atoms with Crippen LogP contribution in [0.3, 0.4) is 0 Å². The van der Waals surface area contributed by atoms with Crippen LogP contribution in [0.4, 0.5) is 0 Å². The van der Waals surface area contributed by atoms with E-state index in [0.717, 1.165) is 11.1 Å². The first-order valence-corrected chi connectivity index (χ1v) is 9.68. The van der Waals surface area contributed by atoms with E-state index in [9.17, 15) is 9.59 Å². The lowest BCUT2D eigenvalue weighted by molar-refractivity contribution is -0.140. The van der Waals surface area contributed by atoms with Crippen molar-refractivity contribution >= 4 is 46.6 Å². The van der Waals surface area contributed by atoms with Crippen LogP contribution in [0.2, 0.25) is 15.1 Å². The van der Waals surface area contributed by atoms with Gasteiger partial charge in [-0.15, -0.1) is 0 Å². The zero-order valence-electron chi connectivity index (χ0n) is 15.1. The number of halogens is 3. The van der Waals surface area contributed by atoms with E-state index >= 15 is 0 Å². The second kappa shape index (κ2) is 9.98. The Balaban J connectivity index is 2.29. The molecule has 4 nitrogen and oxygen atoms in total. The Morgan fingerprint density at radius 3 is 2.19 bits per heavy atom. The summed E-state index contributed by atoms with van der Waals surface area (Å²) in [6.45, 7) is 2.13. The third kappa shape index (κ3) is 5.86. The van der Waals surface area contributed by atoms with E-state index in [1.807, 2.05) is 6.92 Å². The second-order valence-corrected chi connectivity index (χ2v) is 7.36. The number of carbonyl (C=O) groups is 2. The molecule has 0 fully saturated rings. The Labute approximate surface area is 174 Å². The Morgan fingerprint density at radius 2 is 1.63 bits per heavy atom. The van der Waals surface area contributed by atoms with Crippen LogP contribution in [0, 0.1) is 0 Å². The van der Waals surface area contributed by atoms with Gasteiger partial charge in [-0.3, -0.25) is 9.59 Å². The van der Waals surface area contributed by atoms with Gasteiger partial charge >= 0.3 is 0 Å². The van der Waals surface area contributed by atoms with Crippen LogP contribution < -0.4 is 5.32 Å². The quantitative estimate of drug-likeness (QED) is 0.693. The zero-order valence-corrected chi connectivity index (χ0v) is 17.4. The number of hydrogen-bond acceptors (Lipinski definition) is 2. The van der Waals surface area contributed by atoms with E-state index < -0.39 is 6.04 Å². The van der Waals surface area contributed by atoms with Gasteiger partial charge in [0.1, 0.15) is 6.04 Å². The van der Waals surface area contributed by atoms with E-state index in [4.69, 9.17) is 34.8 Å². The molecule has 27 heavy (non-hydrogen) atoms. The number of nitrogens with zero attached hydrogens (tertiary/aromatic N) is 1. The van der Waals surface area contributed by atoms with Crippen molar-refractivity contribution in [2.24, 2.45) is 0 Å². The molecule has 0 aliphatic carbocycles. The molecular weight excluding hydrogens is 407 g/mol. The number of rotatable bonds is 7. The maximum atomic E-state index is 13.0. The molecule has 0 aromatic heterocycles. The molecule has 0 saturated heterocycles. The third-order valence-corrected chi connectivity index (χ3v) is 5.23. The van der Waals surface area contributed by atoms with Crippen LogP contribution in [-0.2, 0) is 22.6 Å². The predicted molar refractivity (Wildman–Crippen MR) is 110 cm³/mol. The fourth-order valence-electron chi connectivity index (χ4n) is 2.80. The summed E-state index contributed by atoms with van der Waals surface area (Å²) in [7, 11) is 1.56. The second-order valence-electron chi connectivity index (χ2n) is 6.11. The van der Waals surface area contributed by atoms with Crippen LogP contribution >= 0.6 is 34.8 Å². The summed E-state index contributed by atoms with van der Waals surface area (Å²) in [6.07, 6.45) is 0.666. The maximum Gasteiger partial charge on any atom is 0.242 e. The van der Waals surface area contributed by atoms with E-state index in [2.05, 4.69) is 5.32 Å². The molecule has 7 heteroatoms. The van der Waals surface area contributed by atoms with Crippen LogP contribution in [0.1, 0.15) is 24.5 Å². The topological polar surface area (TPSA) is 49.4 Å². The molecule has 1 atom stereocenters. The normalized spacial score (nSPS) is 11.7. The monoisotopic (exact) mass is 426 g/mol. The highest BCUT2D eigenvalue weighted by Crippen LogP contribution is 2.24. The first-order valence-electron chi connectivity index (χ1n) is 8.55. The van der Waals surface area contributed by atoms with Crippen molar-refractivity contribution in [3.8, 4) is 0 Å². The molecule has 1 unspecified atom stereocenters. The number of carbonyl (C=O) groups excluding carboxylic acids is 2. The zero-order chi connectivity index (χ0) is 20.0. The first kappa shape index (κ1) is 21.5. The first-order chi connectivity index (χ1) is 12.8. The van der Waals surface area contributed by atoms with Crippen LogP contribution in [0.25, 0.3) is 0 Å². The molecule has 2 amide bonds. The highest BCUT2D eigenvalue weighted by atomic mass is 35.5. The number of hydrogen-bond donors (Lipinski definition) is 1. The molecule has 2 aromatic rings. The average molecular weight is 428 g/mol. The summed E-state index contributed by atoms with van der Waals surface area (Å²) in [6, 6.07) is 11.7. The fourth-order valence-corrected chi connectivity index (χ4v) is 3.25. The van der Waals surface area contributed by atoms with Gasteiger partial charge in [0, 0.05) is 18.6 Å². The van der Waals surface area contributed by atoms with Gasteiger partial charge in [0.15, 0.2) is 0 Å². The third-order valence-electron chi connectivity index (χ3n) is 4.24. The molecule has 0 aliphatic heterocycles. The van der Waals surface area contributed by atoms with E-state index in [1.165, 1.54) is 0 Å². The minimum atomic E-state index is -0.579. The Bertz CT molecular complexity index is 809. The predicted octanol–water partition coefficient (Wildman–Crippen LogP) is 4.74. The Kier molecular flexibility index (Phi) is 7.96. The molecule has 0 saturated carbocycles. The van der Waals surface area contributed by atoms with Crippen LogP contribution in [0.5, 0.6) is 0 Å². The van der Waals surface area contributed by atoms with Gasteiger partial charge in [-0.05, 0) is 41.8 Å². The van der Waals surface area contributed by atoms with Crippen molar-refractivity contribution in [1.29, 1.82) is 0 Å². The lowest BCUT2D eigenvalue weighted by Gasteiger charge is -2.30. The minimum Gasteiger partial charge on any atom is -0.357 e. The minimum absolute atomic E-state index is 0.154. The number of nitrogens with one attached hydrogen (secondary N) is 1. The highest BCUT2D eigenvalue weighted by Gasteiger charge is 2.28. The molecule has 2 rings (SSSR count). The van der Waals surface area contributed by atoms with Gasteiger partial charge < -0.3 is 10.2 Å². The molecule has 1 N–H and O–H groups in total. The van der Waals surface area contributed by atoms with Crippen molar-refractivity contribution in [3.63, 3.8) is 0 Å². The van der Waals surface area contributed by atoms with Gasteiger partial charge in [-0.25, -0.2) is 0 Å². The molecule has 0 radical (unpaired) electrons. The molecule has 0 aliphatic rings. The molecule has 2 aromatic carbocycles. The molecule has 0 bridgehead atoms. The SMILES string of the molecule is CCC(C(=O)NC)N(Cc1ccc(Cl)c(Cl)c1)C(=O)Cc1ccc(Cl)cc1. The Hall–Kier alpha value is -1.75. The lowest BCUT2D eigenvalue weighted by Crippen LogP contribution is -2.48. The molecule has 0 spiro atoms. The molecule has 0 heterocycles. The van der Waals surface area contributed by atoms with E-state index in [0.29, 0.717) is 21.5 Å². The summed E-state index contributed by atoms with van der Waals surface area (Å²) in [5.74, 6) is -0.360. The van der Waals surface area contributed by atoms with Crippen molar-refractivity contribution in [2.75, 3.05) is 7.05 Å². The van der Waals surface area contributed by atoms with Crippen molar-refractivity contribution in [1.82, 2.24) is 10.2 Å². The smallest absolute Gasteiger partial charge is 0.242 e. The molecular formula is C20H21Cl3N2O2. The summed E-state index contributed by atoms with van der Waals surface area (Å²) < 4.78 is 0. The van der Waals surface area contributed by atoms with Gasteiger partial charge in [-0.1, -0.05) is 59.9 Å². The van der Waals surface area contributed by atoms with Gasteiger partial charge in [0.2, 0.25) is 11.8 Å². The summed E-state index contributed by atoms with van der Waals surface area (Å²) in [4.78, 5) is 26.9.